The van der Waals surface area contributed by atoms with Gasteiger partial charge in [0.2, 0.25) is 0 Å². The number of carbonyl (C=O) groups is 1. The average molecular weight is 389 g/mol. The number of amides is 1. The van der Waals surface area contributed by atoms with Crippen molar-refractivity contribution < 1.29 is 17.6 Å². The maximum Gasteiger partial charge on any atom is 0.251 e. The molecule has 4 rings (SSSR count). The zero-order chi connectivity index (χ0) is 17.1. The highest BCUT2D eigenvalue weighted by atomic mass is 35.5. The second-order valence-corrected chi connectivity index (χ2v) is 10.0. The molecule has 3 fully saturated rings. The van der Waals surface area contributed by atoms with Gasteiger partial charge in [-0.1, -0.05) is 23.4 Å². The standard InChI is InChI=1S/C15H14ClFN2O3S2/c16-10-4-3-9(5-11(10)17)19-12-6-24(21,22)7-13(12)23-15(19)18-14(20)8-1-2-8/h3-5,8,12-13H,1-2,6-7H2/t12-,13+/m1/s1. The van der Waals surface area contributed by atoms with Crippen molar-refractivity contribution in [3.05, 3.63) is 29.0 Å². The van der Waals surface area contributed by atoms with Crippen LogP contribution in [-0.2, 0) is 14.6 Å². The Morgan fingerprint density at radius 2 is 2.08 bits per heavy atom. The molecule has 1 aromatic carbocycles. The van der Waals surface area contributed by atoms with Gasteiger partial charge in [-0.15, -0.1) is 0 Å². The molecule has 0 bridgehead atoms. The normalized spacial score (nSPS) is 29.9. The van der Waals surface area contributed by atoms with E-state index in [9.17, 15) is 17.6 Å². The van der Waals surface area contributed by atoms with Crippen LogP contribution >= 0.6 is 23.4 Å². The van der Waals surface area contributed by atoms with Gasteiger partial charge in [-0.2, -0.15) is 4.99 Å². The van der Waals surface area contributed by atoms with Crippen LogP contribution in [0.2, 0.25) is 5.02 Å². The summed E-state index contributed by atoms with van der Waals surface area (Å²) in [6.45, 7) is 0. The first kappa shape index (κ1) is 16.4. The molecule has 3 aliphatic rings. The summed E-state index contributed by atoms with van der Waals surface area (Å²) in [4.78, 5) is 17.9. The quantitative estimate of drug-likeness (QED) is 0.778. The third kappa shape index (κ3) is 2.95. The van der Waals surface area contributed by atoms with Crippen LogP contribution in [0.5, 0.6) is 0 Å². The van der Waals surface area contributed by atoms with Gasteiger partial charge >= 0.3 is 0 Å². The van der Waals surface area contributed by atoms with Gasteiger partial charge in [0.05, 0.1) is 22.6 Å². The Hall–Kier alpha value is -1.12. The molecule has 9 heteroatoms. The second-order valence-electron chi connectivity index (χ2n) is 6.28. The summed E-state index contributed by atoms with van der Waals surface area (Å²) < 4.78 is 37.8. The predicted molar refractivity (Wildman–Crippen MR) is 92.9 cm³/mol. The van der Waals surface area contributed by atoms with E-state index in [1.165, 1.54) is 23.9 Å². The monoisotopic (exact) mass is 388 g/mol. The molecule has 0 unspecified atom stereocenters. The summed E-state index contributed by atoms with van der Waals surface area (Å²) in [5.41, 5.74) is 0.469. The van der Waals surface area contributed by atoms with Gasteiger partial charge in [0.25, 0.3) is 5.91 Å². The Morgan fingerprint density at radius 1 is 1.33 bits per heavy atom. The molecule has 1 aliphatic carbocycles. The van der Waals surface area contributed by atoms with Crippen LogP contribution in [0.1, 0.15) is 12.8 Å². The first-order valence-electron chi connectivity index (χ1n) is 7.58. The lowest BCUT2D eigenvalue weighted by atomic mass is 10.2. The van der Waals surface area contributed by atoms with E-state index in [1.54, 1.807) is 11.0 Å². The number of hydrogen-bond acceptors (Lipinski definition) is 4. The molecule has 2 atom stereocenters. The molecule has 2 saturated heterocycles. The Balaban J connectivity index is 1.74. The molecule has 0 aromatic heterocycles. The third-order valence-corrected chi connectivity index (χ3v) is 7.90. The van der Waals surface area contributed by atoms with E-state index in [1.807, 2.05) is 0 Å². The maximum absolute atomic E-state index is 13.9. The van der Waals surface area contributed by atoms with Gasteiger partial charge in [-0.25, -0.2) is 12.8 Å². The topological polar surface area (TPSA) is 66.8 Å². The van der Waals surface area contributed by atoms with E-state index in [0.717, 1.165) is 12.8 Å². The number of anilines is 1. The lowest BCUT2D eigenvalue weighted by Gasteiger charge is -2.24. The molecule has 128 valence electrons. The number of benzene rings is 1. The number of rotatable bonds is 2. The molecule has 24 heavy (non-hydrogen) atoms. The SMILES string of the molecule is O=C(N=C1S[C@H]2CS(=O)(=O)C[C@H]2N1c1ccc(Cl)c(F)c1)C1CC1. The van der Waals surface area contributed by atoms with E-state index in [4.69, 9.17) is 11.6 Å². The van der Waals surface area contributed by atoms with E-state index in [-0.39, 0.29) is 39.6 Å². The zero-order valence-electron chi connectivity index (χ0n) is 12.5. The van der Waals surface area contributed by atoms with Crippen LogP contribution in [0.15, 0.2) is 23.2 Å². The molecule has 1 saturated carbocycles. The van der Waals surface area contributed by atoms with Gasteiger partial charge < -0.3 is 4.90 Å². The fourth-order valence-electron chi connectivity index (χ4n) is 3.02. The van der Waals surface area contributed by atoms with E-state index in [0.29, 0.717) is 10.9 Å². The molecule has 1 aromatic rings. The maximum atomic E-state index is 13.9. The molecule has 2 heterocycles. The van der Waals surface area contributed by atoms with Crippen molar-refractivity contribution in [3.8, 4) is 0 Å². The van der Waals surface area contributed by atoms with Gasteiger partial charge in [0, 0.05) is 16.9 Å². The second kappa shape index (κ2) is 5.71. The number of fused-ring (bicyclic) bond motifs is 1. The lowest BCUT2D eigenvalue weighted by molar-refractivity contribution is -0.118. The minimum Gasteiger partial charge on any atom is -0.315 e. The van der Waals surface area contributed by atoms with Crippen LogP contribution in [0, 0.1) is 11.7 Å². The zero-order valence-corrected chi connectivity index (χ0v) is 14.9. The van der Waals surface area contributed by atoms with Gasteiger partial charge in [-0.3, -0.25) is 4.79 Å². The molecule has 0 N–H and O–H groups in total. The van der Waals surface area contributed by atoms with Crippen LogP contribution in [0.25, 0.3) is 0 Å². The summed E-state index contributed by atoms with van der Waals surface area (Å²) in [5, 5.41) is 0.256. The molecule has 0 radical (unpaired) electrons. The van der Waals surface area contributed by atoms with Gasteiger partial charge in [0.1, 0.15) is 5.82 Å². The minimum absolute atomic E-state index is 0.00580. The number of nitrogens with zero attached hydrogens (tertiary/aromatic N) is 2. The van der Waals surface area contributed by atoms with Crippen LogP contribution in [0.3, 0.4) is 0 Å². The molecule has 2 aliphatic heterocycles. The molecular formula is C15H14ClFN2O3S2. The first-order valence-corrected chi connectivity index (χ1v) is 10.7. The van der Waals surface area contributed by atoms with E-state index >= 15 is 0 Å². The highest BCUT2D eigenvalue weighted by molar-refractivity contribution is 8.16. The highest BCUT2D eigenvalue weighted by Crippen LogP contribution is 2.42. The van der Waals surface area contributed by atoms with Crippen molar-refractivity contribution in [2.24, 2.45) is 10.9 Å². The fraction of sp³-hybridized carbons (Fsp3) is 0.467. The van der Waals surface area contributed by atoms with Crippen molar-refractivity contribution in [3.63, 3.8) is 0 Å². The largest absolute Gasteiger partial charge is 0.315 e. The number of halogens is 2. The van der Waals surface area contributed by atoms with Crippen LogP contribution < -0.4 is 4.90 Å². The third-order valence-electron chi connectivity index (χ3n) is 4.38. The smallest absolute Gasteiger partial charge is 0.251 e. The van der Waals surface area contributed by atoms with Crippen molar-refractivity contribution in [2.45, 2.75) is 24.1 Å². The Bertz CT molecular complexity index is 854. The summed E-state index contributed by atoms with van der Waals surface area (Å²) in [6, 6.07) is 3.96. The minimum atomic E-state index is -3.14. The van der Waals surface area contributed by atoms with Crippen molar-refractivity contribution in [1.29, 1.82) is 0 Å². The Kier molecular flexibility index (Phi) is 3.89. The summed E-state index contributed by atoms with van der Waals surface area (Å²) in [6.07, 6.45) is 1.69. The summed E-state index contributed by atoms with van der Waals surface area (Å²) in [7, 11) is -3.14. The Morgan fingerprint density at radius 3 is 2.75 bits per heavy atom. The Labute approximate surface area is 148 Å². The molecule has 5 nitrogen and oxygen atoms in total. The molecular weight excluding hydrogens is 375 g/mol. The van der Waals surface area contributed by atoms with E-state index < -0.39 is 15.7 Å². The van der Waals surface area contributed by atoms with Gasteiger partial charge in [0.15, 0.2) is 15.0 Å². The molecule has 0 spiro atoms. The van der Waals surface area contributed by atoms with Crippen molar-refractivity contribution in [1.82, 2.24) is 0 Å². The van der Waals surface area contributed by atoms with Crippen molar-refractivity contribution in [2.75, 3.05) is 16.4 Å². The number of hydrogen-bond donors (Lipinski definition) is 0. The van der Waals surface area contributed by atoms with Crippen molar-refractivity contribution >= 4 is 50.0 Å². The number of sulfone groups is 1. The molecule has 1 amide bonds. The lowest BCUT2D eigenvalue weighted by Crippen LogP contribution is -2.37. The average Bonchev–Trinajstić information content (AvgIpc) is 3.23. The number of amidine groups is 1. The summed E-state index contributed by atoms with van der Waals surface area (Å²) in [5.74, 6) is -0.765. The number of carbonyl (C=O) groups excluding carboxylic acids is 1. The van der Waals surface area contributed by atoms with Crippen LogP contribution in [-0.4, -0.2) is 42.3 Å². The highest BCUT2D eigenvalue weighted by Gasteiger charge is 2.49. The van der Waals surface area contributed by atoms with E-state index in [2.05, 4.69) is 4.99 Å². The van der Waals surface area contributed by atoms with Crippen LogP contribution in [0.4, 0.5) is 10.1 Å². The fourth-order valence-corrected chi connectivity index (χ4v) is 7.05. The number of aliphatic imine (C=N–C) groups is 1. The van der Waals surface area contributed by atoms with Gasteiger partial charge in [-0.05, 0) is 31.0 Å². The number of thioether (sulfide) groups is 1. The summed E-state index contributed by atoms with van der Waals surface area (Å²) >= 11 is 7.03. The predicted octanol–water partition coefficient (Wildman–Crippen LogP) is 2.49. The first-order chi connectivity index (χ1) is 11.3.